The van der Waals surface area contributed by atoms with Crippen LogP contribution < -0.4 is 5.73 Å². The molecule has 0 aliphatic heterocycles. The summed E-state index contributed by atoms with van der Waals surface area (Å²) in [6.45, 7) is 11.5. The normalized spacial score (nSPS) is 37.8. The van der Waals surface area contributed by atoms with Gasteiger partial charge in [-0.3, -0.25) is 0 Å². The maximum Gasteiger partial charge on any atom is 0.0142 e. The van der Waals surface area contributed by atoms with Crippen molar-refractivity contribution < 1.29 is 0 Å². The molecule has 2 N–H and O–H groups in total. The molecule has 3 atom stereocenters. The molecular weight excluding hydrogens is 158 g/mol. The summed E-state index contributed by atoms with van der Waals surface area (Å²) in [5, 5.41) is 0. The predicted molar refractivity (Wildman–Crippen MR) is 58.6 cm³/mol. The van der Waals surface area contributed by atoms with Crippen LogP contribution in [0, 0.1) is 16.7 Å². The van der Waals surface area contributed by atoms with Gasteiger partial charge < -0.3 is 5.73 Å². The monoisotopic (exact) mass is 183 g/mol. The van der Waals surface area contributed by atoms with Crippen molar-refractivity contribution in [3.63, 3.8) is 0 Å². The van der Waals surface area contributed by atoms with Crippen LogP contribution in [0.15, 0.2) is 0 Å². The highest BCUT2D eigenvalue weighted by Crippen LogP contribution is 2.47. The summed E-state index contributed by atoms with van der Waals surface area (Å²) in [7, 11) is 0. The Bertz CT molecular complexity index is 180. The molecular formula is C12H25N. The third kappa shape index (κ3) is 2.25. The lowest BCUT2D eigenvalue weighted by Crippen LogP contribution is -2.47. The van der Waals surface area contributed by atoms with Crippen molar-refractivity contribution in [2.45, 2.75) is 59.9 Å². The van der Waals surface area contributed by atoms with Crippen molar-refractivity contribution in [3.8, 4) is 0 Å². The van der Waals surface area contributed by atoms with E-state index in [1.807, 2.05) is 0 Å². The Morgan fingerprint density at radius 2 is 1.92 bits per heavy atom. The number of hydrogen-bond acceptors (Lipinski definition) is 1. The molecule has 3 unspecified atom stereocenters. The molecule has 13 heavy (non-hydrogen) atoms. The topological polar surface area (TPSA) is 26.0 Å². The molecule has 0 amide bonds. The molecule has 0 saturated heterocycles. The van der Waals surface area contributed by atoms with Crippen LogP contribution in [0.5, 0.6) is 0 Å². The van der Waals surface area contributed by atoms with Crippen LogP contribution in [0.1, 0.15) is 53.9 Å². The van der Waals surface area contributed by atoms with Crippen LogP contribution in [0.4, 0.5) is 0 Å². The molecule has 1 aliphatic carbocycles. The second kappa shape index (κ2) is 3.27. The molecule has 78 valence electrons. The quantitative estimate of drug-likeness (QED) is 0.664. The molecule has 0 bridgehead atoms. The minimum Gasteiger partial charge on any atom is -0.327 e. The lowest BCUT2D eigenvalue weighted by Gasteiger charge is -2.40. The molecule has 0 heterocycles. The van der Waals surface area contributed by atoms with Crippen molar-refractivity contribution in [1.29, 1.82) is 0 Å². The highest BCUT2D eigenvalue weighted by Gasteiger charge is 2.42. The van der Waals surface area contributed by atoms with E-state index in [1.165, 1.54) is 19.3 Å². The Balaban J connectivity index is 2.71. The van der Waals surface area contributed by atoms with Gasteiger partial charge >= 0.3 is 0 Å². The Hall–Kier alpha value is -0.0400. The van der Waals surface area contributed by atoms with Gasteiger partial charge in [0.15, 0.2) is 0 Å². The van der Waals surface area contributed by atoms with E-state index >= 15 is 0 Å². The van der Waals surface area contributed by atoms with Crippen LogP contribution >= 0.6 is 0 Å². The highest BCUT2D eigenvalue weighted by molar-refractivity contribution is 4.96. The highest BCUT2D eigenvalue weighted by atomic mass is 14.7. The summed E-state index contributed by atoms with van der Waals surface area (Å²) in [5.74, 6) is 0.874. The first-order valence-corrected chi connectivity index (χ1v) is 5.51. The fourth-order valence-electron chi connectivity index (χ4n) is 2.90. The number of nitrogens with two attached hydrogens (primary N) is 1. The average molecular weight is 183 g/mol. The van der Waals surface area contributed by atoms with Crippen LogP contribution in [-0.2, 0) is 0 Å². The molecule has 1 nitrogen and oxygen atoms in total. The van der Waals surface area contributed by atoms with Crippen molar-refractivity contribution in [2.75, 3.05) is 0 Å². The standard InChI is InChI=1S/C12H25N/c1-9-6-7-12(5,8-9)10(13)11(2,3)4/h9-10H,6-8,13H2,1-5H3. The van der Waals surface area contributed by atoms with Crippen LogP contribution in [0.25, 0.3) is 0 Å². The zero-order chi connectivity index (χ0) is 10.3. The van der Waals surface area contributed by atoms with Gasteiger partial charge in [0.1, 0.15) is 0 Å². The van der Waals surface area contributed by atoms with E-state index in [9.17, 15) is 0 Å². The summed E-state index contributed by atoms with van der Waals surface area (Å²) in [6, 6.07) is 0.338. The smallest absolute Gasteiger partial charge is 0.0142 e. The average Bonchev–Trinajstić information content (AvgIpc) is 2.29. The molecule has 1 saturated carbocycles. The van der Waals surface area contributed by atoms with E-state index in [0.29, 0.717) is 11.5 Å². The van der Waals surface area contributed by atoms with Gasteiger partial charge in [0, 0.05) is 6.04 Å². The fourth-order valence-corrected chi connectivity index (χ4v) is 2.90. The Morgan fingerprint density at radius 3 is 2.23 bits per heavy atom. The zero-order valence-electron chi connectivity index (χ0n) is 9.85. The van der Waals surface area contributed by atoms with Crippen molar-refractivity contribution in [1.82, 2.24) is 0 Å². The summed E-state index contributed by atoms with van der Waals surface area (Å²) in [5.41, 5.74) is 6.99. The first-order chi connectivity index (χ1) is 5.76. The van der Waals surface area contributed by atoms with Gasteiger partial charge in [-0.1, -0.05) is 41.0 Å². The third-order valence-corrected chi connectivity index (χ3v) is 3.71. The first kappa shape index (κ1) is 11.0. The van der Waals surface area contributed by atoms with Crippen molar-refractivity contribution in [3.05, 3.63) is 0 Å². The van der Waals surface area contributed by atoms with Crippen molar-refractivity contribution in [2.24, 2.45) is 22.5 Å². The lowest BCUT2D eigenvalue weighted by atomic mass is 9.69. The van der Waals surface area contributed by atoms with E-state index in [1.54, 1.807) is 0 Å². The van der Waals surface area contributed by atoms with Gasteiger partial charge in [-0.05, 0) is 29.6 Å². The SMILES string of the molecule is CC1CCC(C)(C(N)C(C)(C)C)C1. The third-order valence-electron chi connectivity index (χ3n) is 3.71. The summed E-state index contributed by atoms with van der Waals surface area (Å²) >= 11 is 0. The predicted octanol–water partition coefficient (Wildman–Crippen LogP) is 3.19. The van der Waals surface area contributed by atoms with Crippen LogP contribution in [-0.4, -0.2) is 6.04 Å². The molecule has 0 aromatic rings. The Kier molecular flexibility index (Phi) is 2.78. The fraction of sp³-hybridized carbons (Fsp3) is 1.00. The van der Waals surface area contributed by atoms with Crippen molar-refractivity contribution >= 4 is 0 Å². The minimum atomic E-state index is 0.249. The maximum absolute atomic E-state index is 6.35. The van der Waals surface area contributed by atoms with E-state index < -0.39 is 0 Å². The Labute approximate surface area is 83.1 Å². The maximum atomic E-state index is 6.35. The van der Waals surface area contributed by atoms with Gasteiger partial charge in [0.2, 0.25) is 0 Å². The van der Waals surface area contributed by atoms with Gasteiger partial charge in [-0.25, -0.2) is 0 Å². The van der Waals surface area contributed by atoms with E-state index in [0.717, 1.165) is 5.92 Å². The van der Waals surface area contributed by atoms with Gasteiger partial charge in [-0.2, -0.15) is 0 Å². The molecule has 1 aliphatic rings. The summed E-state index contributed by atoms with van der Waals surface area (Å²) in [4.78, 5) is 0. The molecule has 0 spiro atoms. The molecule has 0 radical (unpaired) electrons. The van der Waals surface area contributed by atoms with E-state index in [-0.39, 0.29) is 5.41 Å². The first-order valence-electron chi connectivity index (χ1n) is 5.51. The molecule has 1 heteroatoms. The molecule has 1 fully saturated rings. The lowest BCUT2D eigenvalue weighted by molar-refractivity contribution is 0.144. The van der Waals surface area contributed by atoms with Gasteiger partial charge in [0.25, 0.3) is 0 Å². The van der Waals surface area contributed by atoms with Gasteiger partial charge in [0.05, 0.1) is 0 Å². The Morgan fingerprint density at radius 1 is 1.38 bits per heavy atom. The minimum absolute atomic E-state index is 0.249. The summed E-state index contributed by atoms with van der Waals surface area (Å²) < 4.78 is 0. The number of rotatable bonds is 1. The molecule has 1 rings (SSSR count). The molecule has 0 aromatic heterocycles. The molecule has 0 aromatic carbocycles. The van der Waals surface area contributed by atoms with E-state index in [2.05, 4.69) is 34.6 Å². The summed E-state index contributed by atoms with van der Waals surface area (Å²) in [6.07, 6.45) is 3.98. The second-order valence-electron chi connectivity index (χ2n) is 6.35. The zero-order valence-corrected chi connectivity index (χ0v) is 9.85. The second-order valence-corrected chi connectivity index (χ2v) is 6.35. The number of hydrogen-bond donors (Lipinski definition) is 1. The van der Waals surface area contributed by atoms with Crippen LogP contribution in [0.2, 0.25) is 0 Å². The van der Waals surface area contributed by atoms with Crippen LogP contribution in [0.3, 0.4) is 0 Å². The van der Waals surface area contributed by atoms with Gasteiger partial charge in [-0.15, -0.1) is 0 Å². The largest absolute Gasteiger partial charge is 0.327 e. The van der Waals surface area contributed by atoms with E-state index in [4.69, 9.17) is 5.73 Å².